The van der Waals surface area contributed by atoms with Gasteiger partial charge in [0.15, 0.2) is 6.61 Å². The Kier molecular flexibility index (Phi) is 8.38. The van der Waals surface area contributed by atoms with Gasteiger partial charge >= 0.3 is 5.97 Å². The SMILES string of the molecule is Cc1c(Br)ccc(NC(=O)COC(=O)CCC(=O)N(c2ccccc2)c2ccccc2)c1C. The first kappa shape index (κ1) is 24.2. The molecule has 0 aromatic heterocycles. The number of carbonyl (C=O) groups is 3. The molecule has 0 fully saturated rings. The molecule has 0 spiro atoms. The number of benzene rings is 3. The fourth-order valence-corrected chi connectivity index (χ4v) is 3.67. The van der Waals surface area contributed by atoms with Crippen LogP contribution in [0.4, 0.5) is 17.1 Å². The van der Waals surface area contributed by atoms with Gasteiger partial charge in [-0.3, -0.25) is 19.3 Å². The van der Waals surface area contributed by atoms with E-state index in [9.17, 15) is 14.4 Å². The second kappa shape index (κ2) is 11.4. The highest BCUT2D eigenvalue weighted by Crippen LogP contribution is 2.27. The molecule has 0 bridgehead atoms. The van der Waals surface area contributed by atoms with Gasteiger partial charge in [-0.25, -0.2) is 0 Å². The molecule has 0 atom stereocenters. The summed E-state index contributed by atoms with van der Waals surface area (Å²) in [7, 11) is 0. The van der Waals surface area contributed by atoms with Gasteiger partial charge in [0.25, 0.3) is 5.91 Å². The Hall–Kier alpha value is -3.45. The average molecular weight is 509 g/mol. The molecule has 0 saturated heterocycles. The van der Waals surface area contributed by atoms with E-state index in [1.165, 1.54) is 0 Å². The third-order valence-corrected chi connectivity index (χ3v) is 6.04. The first-order valence-corrected chi connectivity index (χ1v) is 11.3. The first-order valence-electron chi connectivity index (χ1n) is 10.5. The van der Waals surface area contributed by atoms with Gasteiger partial charge in [0.1, 0.15) is 0 Å². The summed E-state index contributed by atoms with van der Waals surface area (Å²) in [6, 6.07) is 22.1. The van der Waals surface area contributed by atoms with Crippen LogP contribution in [-0.4, -0.2) is 24.4 Å². The standard InChI is InChI=1S/C26H25BrN2O4/c1-18-19(2)23(14-13-22(18)27)28-24(30)17-33-26(32)16-15-25(31)29(20-9-5-3-6-10-20)21-11-7-4-8-12-21/h3-14H,15-17H2,1-2H3,(H,28,30). The lowest BCUT2D eigenvalue weighted by Crippen LogP contribution is -2.27. The van der Waals surface area contributed by atoms with Gasteiger partial charge < -0.3 is 10.1 Å². The fraction of sp³-hybridized carbons (Fsp3) is 0.192. The Balaban J connectivity index is 1.54. The third kappa shape index (κ3) is 6.52. The molecule has 170 valence electrons. The predicted octanol–water partition coefficient (Wildman–Crippen LogP) is 5.69. The van der Waals surface area contributed by atoms with Crippen LogP contribution in [0.15, 0.2) is 77.3 Å². The summed E-state index contributed by atoms with van der Waals surface area (Å²) >= 11 is 3.45. The van der Waals surface area contributed by atoms with Crippen molar-refractivity contribution in [1.29, 1.82) is 0 Å². The Morgan fingerprint density at radius 3 is 1.97 bits per heavy atom. The number of para-hydroxylation sites is 2. The zero-order valence-corrected chi connectivity index (χ0v) is 20.1. The number of halogens is 1. The van der Waals surface area contributed by atoms with Crippen LogP contribution in [-0.2, 0) is 19.1 Å². The largest absolute Gasteiger partial charge is 0.456 e. The van der Waals surface area contributed by atoms with Gasteiger partial charge in [-0.1, -0.05) is 52.3 Å². The molecule has 0 aliphatic rings. The summed E-state index contributed by atoms with van der Waals surface area (Å²) in [6.07, 6.45) is -0.173. The van der Waals surface area contributed by atoms with E-state index >= 15 is 0 Å². The maximum atomic E-state index is 13.0. The summed E-state index contributed by atoms with van der Waals surface area (Å²) in [4.78, 5) is 38.9. The molecule has 0 radical (unpaired) electrons. The molecule has 33 heavy (non-hydrogen) atoms. The molecule has 2 amide bonds. The van der Waals surface area contributed by atoms with Gasteiger partial charge in [-0.15, -0.1) is 0 Å². The van der Waals surface area contributed by atoms with Gasteiger partial charge in [0.2, 0.25) is 5.91 Å². The van der Waals surface area contributed by atoms with Gasteiger partial charge in [-0.05, 0) is 61.4 Å². The van der Waals surface area contributed by atoms with Crippen LogP contribution in [0.3, 0.4) is 0 Å². The topological polar surface area (TPSA) is 75.7 Å². The van der Waals surface area contributed by atoms with E-state index in [1.54, 1.807) is 11.0 Å². The van der Waals surface area contributed by atoms with Crippen LogP contribution in [0.5, 0.6) is 0 Å². The number of esters is 1. The monoisotopic (exact) mass is 508 g/mol. The number of carbonyl (C=O) groups excluding carboxylic acids is 3. The average Bonchev–Trinajstić information content (AvgIpc) is 2.83. The smallest absolute Gasteiger partial charge is 0.306 e. The second-order valence-electron chi connectivity index (χ2n) is 7.45. The zero-order valence-electron chi connectivity index (χ0n) is 18.5. The summed E-state index contributed by atoms with van der Waals surface area (Å²) in [5, 5.41) is 2.75. The molecule has 0 unspecified atom stereocenters. The Morgan fingerprint density at radius 2 is 1.39 bits per heavy atom. The first-order chi connectivity index (χ1) is 15.9. The molecule has 3 rings (SSSR count). The number of anilines is 3. The van der Waals surface area contributed by atoms with Crippen molar-refractivity contribution in [1.82, 2.24) is 0 Å². The highest BCUT2D eigenvalue weighted by molar-refractivity contribution is 9.10. The summed E-state index contributed by atoms with van der Waals surface area (Å²) < 4.78 is 6.03. The van der Waals surface area contributed by atoms with E-state index in [0.29, 0.717) is 17.1 Å². The van der Waals surface area contributed by atoms with Crippen molar-refractivity contribution in [3.63, 3.8) is 0 Å². The van der Waals surface area contributed by atoms with Crippen molar-refractivity contribution in [2.24, 2.45) is 0 Å². The van der Waals surface area contributed by atoms with E-state index < -0.39 is 18.5 Å². The molecular weight excluding hydrogens is 484 g/mol. The zero-order chi connectivity index (χ0) is 23.8. The van der Waals surface area contributed by atoms with Crippen molar-refractivity contribution in [3.8, 4) is 0 Å². The van der Waals surface area contributed by atoms with E-state index in [-0.39, 0.29) is 18.7 Å². The molecule has 7 heteroatoms. The van der Waals surface area contributed by atoms with Crippen LogP contribution in [0, 0.1) is 13.8 Å². The maximum absolute atomic E-state index is 13.0. The fourth-order valence-electron chi connectivity index (χ4n) is 3.24. The maximum Gasteiger partial charge on any atom is 0.306 e. The molecule has 0 heterocycles. The lowest BCUT2D eigenvalue weighted by Gasteiger charge is -2.23. The van der Waals surface area contributed by atoms with Gasteiger partial charge in [-0.2, -0.15) is 0 Å². The molecule has 0 saturated carbocycles. The Bertz CT molecular complexity index is 1090. The summed E-state index contributed by atoms with van der Waals surface area (Å²) in [5.41, 5.74) is 4.03. The van der Waals surface area contributed by atoms with E-state index in [2.05, 4.69) is 21.2 Å². The van der Waals surface area contributed by atoms with Crippen molar-refractivity contribution >= 4 is 50.8 Å². The van der Waals surface area contributed by atoms with Crippen molar-refractivity contribution in [3.05, 3.63) is 88.4 Å². The molecule has 0 aliphatic carbocycles. The molecule has 3 aromatic rings. The number of hydrogen-bond donors (Lipinski definition) is 1. The van der Waals surface area contributed by atoms with Gasteiger partial charge in [0.05, 0.1) is 6.42 Å². The van der Waals surface area contributed by atoms with Gasteiger partial charge in [0, 0.05) is 28.0 Å². The molecule has 3 aromatic carbocycles. The summed E-state index contributed by atoms with van der Waals surface area (Å²) in [5.74, 6) is -1.28. The van der Waals surface area contributed by atoms with Crippen molar-refractivity contribution < 1.29 is 19.1 Å². The number of nitrogens with zero attached hydrogens (tertiary/aromatic N) is 1. The number of hydrogen-bond acceptors (Lipinski definition) is 4. The number of ether oxygens (including phenoxy) is 1. The molecule has 6 nitrogen and oxygen atoms in total. The second-order valence-corrected chi connectivity index (χ2v) is 8.31. The minimum Gasteiger partial charge on any atom is -0.456 e. The molecule has 1 N–H and O–H groups in total. The number of rotatable bonds is 8. The van der Waals surface area contributed by atoms with E-state index in [4.69, 9.17) is 4.74 Å². The Labute approximate surface area is 201 Å². The minimum absolute atomic E-state index is 0.0464. The molecular formula is C26H25BrN2O4. The quantitative estimate of drug-likeness (QED) is 0.396. The summed E-state index contributed by atoms with van der Waals surface area (Å²) in [6.45, 7) is 3.43. The van der Waals surface area contributed by atoms with Crippen LogP contribution in [0.2, 0.25) is 0 Å². The van der Waals surface area contributed by atoms with Crippen molar-refractivity contribution in [2.75, 3.05) is 16.8 Å². The van der Waals surface area contributed by atoms with E-state index in [1.807, 2.05) is 80.6 Å². The van der Waals surface area contributed by atoms with E-state index in [0.717, 1.165) is 15.6 Å². The predicted molar refractivity (Wildman–Crippen MR) is 132 cm³/mol. The highest BCUT2D eigenvalue weighted by atomic mass is 79.9. The van der Waals surface area contributed by atoms with Crippen LogP contribution in [0.1, 0.15) is 24.0 Å². The van der Waals surface area contributed by atoms with Crippen LogP contribution < -0.4 is 10.2 Å². The lowest BCUT2D eigenvalue weighted by atomic mass is 10.1. The van der Waals surface area contributed by atoms with Crippen LogP contribution >= 0.6 is 15.9 Å². The third-order valence-electron chi connectivity index (χ3n) is 5.18. The highest BCUT2D eigenvalue weighted by Gasteiger charge is 2.19. The Morgan fingerprint density at radius 1 is 0.818 bits per heavy atom. The number of nitrogens with one attached hydrogen (secondary N) is 1. The minimum atomic E-state index is -0.608. The van der Waals surface area contributed by atoms with Crippen LogP contribution in [0.25, 0.3) is 0 Å². The molecule has 0 aliphatic heterocycles. The number of amides is 2. The lowest BCUT2D eigenvalue weighted by molar-refractivity contribution is -0.148. The normalized spacial score (nSPS) is 10.4. The van der Waals surface area contributed by atoms with Crippen molar-refractivity contribution in [2.45, 2.75) is 26.7 Å².